The summed E-state index contributed by atoms with van der Waals surface area (Å²) in [6.07, 6.45) is 5.37. The van der Waals surface area contributed by atoms with Crippen molar-refractivity contribution in [3.63, 3.8) is 0 Å². The Morgan fingerprint density at radius 2 is 1.73 bits per heavy atom. The van der Waals surface area contributed by atoms with Crippen LogP contribution in [0.4, 0.5) is 0 Å². The molecule has 4 atom stereocenters. The predicted octanol–water partition coefficient (Wildman–Crippen LogP) is 7.24. The van der Waals surface area contributed by atoms with Gasteiger partial charge in [-0.15, -0.1) is 0 Å². The third kappa shape index (κ3) is 6.36. The Kier molecular flexibility index (Phi) is 9.96. The summed E-state index contributed by atoms with van der Waals surface area (Å²) in [6.45, 7) is 6.73. The lowest BCUT2D eigenvalue weighted by molar-refractivity contribution is 0.0201. The number of methoxy groups -OCH3 is 2. The van der Waals surface area contributed by atoms with Gasteiger partial charge in [0, 0.05) is 30.2 Å². The fourth-order valence-electron chi connectivity index (χ4n) is 7.26. The molecule has 3 aromatic rings. The molecule has 7 heteroatoms. The molecule has 0 unspecified atom stereocenters. The van der Waals surface area contributed by atoms with Gasteiger partial charge in [0.05, 0.1) is 20.3 Å². The van der Waals surface area contributed by atoms with Crippen LogP contribution >= 0.6 is 0 Å². The van der Waals surface area contributed by atoms with E-state index in [9.17, 15) is 20.4 Å². The van der Waals surface area contributed by atoms with Crippen LogP contribution in [0.25, 0.3) is 11.1 Å². The largest absolute Gasteiger partial charge is 0.508 e. The van der Waals surface area contributed by atoms with Gasteiger partial charge in [0.25, 0.3) is 0 Å². The third-order valence-corrected chi connectivity index (χ3v) is 9.52. The van der Waals surface area contributed by atoms with E-state index in [4.69, 9.17) is 14.2 Å². The van der Waals surface area contributed by atoms with Gasteiger partial charge in [0.1, 0.15) is 23.4 Å². The van der Waals surface area contributed by atoms with Crippen molar-refractivity contribution in [2.45, 2.75) is 90.3 Å². The summed E-state index contributed by atoms with van der Waals surface area (Å²) in [5.74, 6) is 3.19. The first-order chi connectivity index (χ1) is 21.2. The zero-order valence-corrected chi connectivity index (χ0v) is 26.7. The number of phenols is 2. The van der Waals surface area contributed by atoms with Gasteiger partial charge >= 0.3 is 0 Å². The number of hydrogen-bond acceptors (Lipinski definition) is 7. The number of phenolic OH excluding ortho intramolecular Hbond substituents is 2. The Morgan fingerprint density at radius 3 is 2.41 bits per heavy atom. The molecule has 0 saturated heterocycles. The second kappa shape index (κ2) is 13.7. The summed E-state index contributed by atoms with van der Waals surface area (Å²) < 4.78 is 18.0. The van der Waals surface area contributed by atoms with Crippen LogP contribution in [0.5, 0.6) is 28.7 Å². The number of aromatic hydroxyl groups is 2. The highest BCUT2D eigenvalue weighted by molar-refractivity contribution is 5.83. The van der Waals surface area contributed by atoms with Crippen molar-refractivity contribution in [2.75, 3.05) is 20.8 Å². The van der Waals surface area contributed by atoms with Gasteiger partial charge in [-0.25, -0.2) is 0 Å². The summed E-state index contributed by atoms with van der Waals surface area (Å²) in [6, 6.07) is 11.1. The molecule has 44 heavy (non-hydrogen) atoms. The van der Waals surface area contributed by atoms with E-state index in [1.54, 1.807) is 25.3 Å². The van der Waals surface area contributed by atoms with Crippen LogP contribution in [0.15, 0.2) is 36.4 Å². The van der Waals surface area contributed by atoms with Crippen LogP contribution in [-0.4, -0.2) is 47.4 Å². The summed E-state index contributed by atoms with van der Waals surface area (Å²) in [5.41, 5.74) is 7.05. The normalized spacial score (nSPS) is 19.5. The Balaban J connectivity index is 1.62. The Labute approximate surface area is 261 Å². The van der Waals surface area contributed by atoms with Gasteiger partial charge in [-0.3, -0.25) is 0 Å². The summed E-state index contributed by atoms with van der Waals surface area (Å²) >= 11 is 0. The SMILES string of the molecule is CC[C@H](CCCO)CC[C@H]1Cc2cc(O)c(CC(C)C)cc2-c2c(OC)cc3c(c21)C[C@@H](O)[C@H](c1ccc(O)c(OC)c1)O3. The van der Waals surface area contributed by atoms with E-state index in [1.165, 1.54) is 12.7 Å². The first-order valence-electron chi connectivity index (χ1n) is 16.1. The van der Waals surface area contributed by atoms with E-state index in [-0.39, 0.29) is 18.3 Å². The van der Waals surface area contributed by atoms with Crippen LogP contribution in [0, 0.1) is 11.8 Å². The topological polar surface area (TPSA) is 109 Å². The minimum absolute atomic E-state index is 0.0337. The zero-order valence-electron chi connectivity index (χ0n) is 26.7. The molecule has 5 rings (SSSR count). The number of rotatable bonds is 12. The number of ether oxygens (including phenoxy) is 3. The Morgan fingerprint density at radius 1 is 0.955 bits per heavy atom. The molecule has 1 heterocycles. The van der Waals surface area contributed by atoms with Crippen molar-refractivity contribution in [2.24, 2.45) is 11.8 Å². The minimum Gasteiger partial charge on any atom is -0.508 e. The third-order valence-electron chi connectivity index (χ3n) is 9.52. The zero-order chi connectivity index (χ0) is 31.5. The number of benzene rings is 3. The lowest BCUT2D eigenvalue weighted by Gasteiger charge is -2.38. The van der Waals surface area contributed by atoms with Crippen LogP contribution in [0.3, 0.4) is 0 Å². The maximum atomic E-state index is 11.5. The van der Waals surface area contributed by atoms with Crippen LogP contribution < -0.4 is 14.2 Å². The molecule has 7 nitrogen and oxygen atoms in total. The van der Waals surface area contributed by atoms with Gasteiger partial charge in [-0.2, -0.15) is 0 Å². The van der Waals surface area contributed by atoms with Gasteiger partial charge in [0.15, 0.2) is 11.5 Å². The second-order valence-electron chi connectivity index (χ2n) is 12.9. The fourth-order valence-corrected chi connectivity index (χ4v) is 7.26. The highest BCUT2D eigenvalue weighted by atomic mass is 16.5. The maximum Gasteiger partial charge on any atom is 0.160 e. The van der Waals surface area contributed by atoms with Gasteiger partial charge < -0.3 is 34.6 Å². The van der Waals surface area contributed by atoms with Crippen molar-refractivity contribution in [3.8, 4) is 39.9 Å². The first-order valence-corrected chi connectivity index (χ1v) is 16.1. The van der Waals surface area contributed by atoms with E-state index in [0.29, 0.717) is 35.5 Å². The Bertz CT molecular complexity index is 1460. The molecule has 0 radical (unpaired) electrons. The molecule has 1 aliphatic carbocycles. The maximum absolute atomic E-state index is 11.5. The fraction of sp³-hybridized carbons (Fsp3) is 0.514. The van der Waals surface area contributed by atoms with Crippen molar-refractivity contribution in [1.82, 2.24) is 0 Å². The second-order valence-corrected chi connectivity index (χ2v) is 12.9. The number of aliphatic hydroxyl groups excluding tert-OH is 2. The minimum atomic E-state index is -0.805. The van der Waals surface area contributed by atoms with E-state index >= 15 is 0 Å². The molecule has 0 saturated carbocycles. The monoisotopic (exact) mass is 604 g/mol. The molecule has 0 fully saturated rings. The highest BCUT2D eigenvalue weighted by Crippen LogP contribution is 2.54. The summed E-state index contributed by atoms with van der Waals surface area (Å²) in [4.78, 5) is 0. The van der Waals surface area contributed by atoms with Crippen molar-refractivity contribution >= 4 is 0 Å². The van der Waals surface area contributed by atoms with E-state index in [0.717, 1.165) is 84.1 Å². The lowest BCUT2D eigenvalue weighted by atomic mass is 9.71. The standard InChI is InChI=1S/C37H48O7/c1-6-22(8-7-13-38)9-10-23-15-25-17-30(40)26(14-21(2)3)16-27(25)36-34(43-5)20-32-28(35(23)36)19-31(41)37(44-32)24-11-12-29(39)33(18-24)42-4/h11-12,16-18,20-23,31,37-41H,6-10,13-15,19H2,1-5H3/t22-,23+,31-,37+/m1/s1. The van der Waals surface area contributed by atoms with E-state index < -0.39 is 12.2 Å². The molecular weight excluding hydrogens is 556 g/mol. The predicted molar refractivity (Wildman–Crippen MR) is 172 cm³/mol. The quantitative estimate of drug-likeness (QED) is 0.173. The smallest absolute Gasteiger partial charge is 0.160 e. The molecule has 0 aromatic heterocycles. The van der Waals surface area contributed by atoms with Gasteiger partial charge in [-0.05, 0) is 108 Å². The van der Waals surface area contributed by atoms with Gasteiger partial charge in [0.2, 0.25) is 0 Å². The lowest BCUT2D eigenvalue weighted by Crippen LogP contribution is -2.32. The number of aliphatic hydroxyl groups is 2. The Hall–Kier alpha value is -3.42. The average Bonchev–Trinajstić information content (AvgIpc) is 3.00. The summed E-state index contributed by atoms with van der Waals surface area (Å²) in [7, 11) is 3.18. The molecular formula is C37H48O7. The molecule has 0 spiro atoms. The molecule has 238 valence electrons. The highest BCUT2D eigenvalue weighted by Gasteiger charge is 2.38. The van der Waals surface area contributed by atoms with Crippen molar-refractivity contribution in [1.29, 1.82) is 0 Å². The molecule has 0 bridgehead atoms. The molecule has 4 N–H and O–H groups in total. The molecule has 0 amide bonds. The molecule has 3 aromatic carbocycles. The first kappa shape index (κ1) is 32.0. The van der Waals surface area contributed by atoms with E-state index in [2.05, 4.69) is 26.8 Å². The van der Waals surface area contributed by atoms with Crippen LogP contribution in [0.2, 0.25) is 0 Å². The van der Waals surface area contributed by atoms with Gasteiger partial charge in [-0.1, -0.05) is 33.3 Å². The average molecular weight is 605 g/mol. The van der Waals surface area contributed by atoms with Crippen molar-refractivity contribution < 1.29 is 34.6 Å². The number of hydrogen-bond donors (Lipinski definition) is 4. The molecule has 1 aliphatic heterocycles. The van der Waals surface area contributed by atoms with Crippen molar-refractivity contribution in [3.05, 3.63) is 64.2 Å². The van der Waals surface area contributed by atoms with Crippen LogP contribution in [0.1, 0.15) is 92.7 Å². The molecule has 2 aliphatic rings. The van der Waals surface area contributed by atoms with Crippen LogP contribution in [-0.2, 0) is 19.3 Å². The summed E-state index contributed by atoms with van der Waals surface area (Å²) in [5, 5.41) is 42.1. The number of fused-ring (bicyclic) bond motifs is 5. The van der Waals surface area contributed by atoms with E-state index in [1.807, 2.05) is 12.1 Å².